The van der Waals surface area contributed by atoms with Gasteiger partial charge in [0.05, 0.1) is 6.20 Å². The van der Waals surface area contributed by atoms with Gasteiger partial charge in [-0.2, -0.15) is 10.1 Å². The Bertz CT molecular complexity index is 584. The molecule has 0 spiro atoms. The highest BCUT2D eigenvalue weighted by molar-refractivity contribution is 9.10. The topological polar surface area (TPSA) is 53.9 Å². The Labute approximate surface area is 127 Å². The number of halogens is 1. The van der Waals surface area contributed by atoms with E-state index in [2.05, 4.69) is 55.2 Å². The summed E-state index contributed by atoms with van der Waals surface area (Å²) in [7, 11) is 0. The zero-order chi connectivity index (χ0) is 14.5. The quantitative estimate of drug-likeness (QED) is 0.905. The van der Waals surface area contributed by atoms with Crippen LogP contribution in [0.5, 0.6) is 0 Å². The summed E-state index contributed by atoms with van der Waals surface area (Å²) in [5.41, 5.74) is 2.12. The highest BCUT2D eigenvalue weighted by Gasteiger charge is 2.07. The summed E-state index contributed by atoms with van der Waals surface area (Å²) in [5, 5.41) is 11.2. The van der Waals surface area contributed by atoms with Gasteiger partial charge in [0.15, 0.2) is 5.82 Å². The van der Waals surface area contributed by atoms with E-state index in [4.69, 9.17) is 0 Å². The van der Waals surface area contributed by atoms with E-state index in [-0.39, 0.29) is 0 Å². The molecule has 106 valence electrons. The molecule has 5 nitrogen and oxygen atoms in total. The first-order chi connectivity index (χ1) is 9.63. The molecule has 20 heavy (non-hydrogen) atoms. The molecule has 2 rings (SSSR count). The molecule has 0 aliphatic heterocycles. The van der Waals surface area contributed by atoms with Crippen LogP contribution in [0.25, 0.3) is 0 Å². The summed E-state index contributed by atoms with van der Waals surface area (Å²) >= 11 is 3.51. The molecule has 1 aromatic heterocycles. The van der Waals surface area contributed by atoms with Crippen molar-refractivity contribution >= 4 is 33.4 Å². The second kappa shape index (κ2) is 6.65. The van der Waals surface area contributed by atoms with Crippen LogP contribution in [0.3, 0.4) is 0 Å². The molecule has 0 fully saturated rings. The monoisotopic (exact) mass is 335 g/mol. The summed E-state index contributed by atoms with van der Waals surface area (Å²) in [5.74, 6) is 1.34. The predicted octanol–water partition coefficient (Wildman–Crippen LogP) is 3.53. The molecule has 6 heteroatoms. The van der Waals surface area contributed by atoms with Crippen LogP contribution in [0.15, 0.2) is 28.9 Å². The standard InChI is InChI=1S/C14H18BrN5/c1-4-20(5-2)13-9-16-19-14(18-13)17-11-7-6-10(3)12(15)8-11/h6-9H,4-5H2,1-3H3,(H,17,18,19). The van der Waals surface area contributed by atoms with Crippen LogP contribution in [0.1, 0.15) is 19.4 Å². The third-order valence-corrected chi connectivity index (χ3v) is 3.92. The van der Waals surface area contributed by atoms with E-state index in [0.29, 0.717) is 5.95 Å². The molecule has 0 aliphatic rings. The smallest absolute Gasteiger partial charge is 0.249 e. The Morgan fingerprint density at radius 1 is 1.25 bits per heavy atom. The van der Waals surface area contributed by atoms with E-state index in [1.54, 1.807) is 6.20 Å². The Morgan fingerprint density at radius 2 is 2.00 bits per heavy atom. The molecular formula is C14H18BrN5. The fraction of sp³-hybridized carbons (Fsp3) is 0.357. The highest BCUT2D eigenvalue weighted by Crippen LogP contribution is 2.22. The van der Waals surface area contributed by atoms with Gasteiger partial charge in [0, 0.05) is 23.2 Å². The van der Waals surface area contributed by atoms with Gasteiger partial charge in [-0.05, 0) is 38.5 Å². The van der Waals surface area contributed by atoms with Crippen LogP contribution in [0.4, 0.5) is 17.5 Å². The maximum absolute atomic E-state index is 4.49. The molecule has 0 unspecified atom stereocenters. The molecule has 0 aliphatic carbocycles. The number of benzene rings is 1. The molecule has 0 bridgehead atoms. The fourth-order valence-corrected chi connectivity index (χ4v) is 2.23. The Kier molecular flexibility index (Phi) is 4.89. The van der Waals surface area contributed by atoms with Gasteiger partial charge in [0.25, 0.3) is 0 Å². The molecular weight excluding hydrogens is 318 g/mol. The lowest BCUT2D eigenvalue weighted by Gasteiger charge is -2.19. The van der Waals surface area contributed by atoms with Crippen molar-refractivity contribution < 1.29 is 0 Å². The summed E-state index contributed by atoms with van der Waals surface area (Å²) in [6, 6.07) is 6.03. The summed E-state index contributed by atoms with van der Waals surface area (Å²) in [4.78, 5) is 6.62. The van der Waals surface area contributed by atoms with Crippen LogP contribution in [0.2, 0.25) is 0 Å². The zero-order valence-corrected chi connectivity index (χ0v) is 13.5. The number of rotatable bonds is 5. The SMILES string of the molecule is CCN(CC)c1cnnc(Nc2ccc(C)c(Br)c2)n1. The van der Waals surface area contributed by atoms with Crippen LogP contribution in [0, 0.1) is 6.92 Å². The number of aryl methyl sites for hydroxylation is 1. The van der Waals surface area contributed by atoms with Crippen molar-refractivity contribution in [2.75, 3.05) is 23.3 Å². The molecule has 0 saturated carbocycles. The third kappa shape index (κ3) is 3.45. The molecule has 0 saturated heterocycles. The Morgan fingerprint density at radius 3 is 2.65 bits per heavy atom. The predicted molar refractivity (Wildman–Crippen MR) is 85.5 cm³/mol. The molecule has 1 N–H and O–H groups in total. The van der Waals surface area contributed by atoms with Crippen molar-refractivity contribution in [1.82, 2.24) is 15.2 Å². The molecule has 2 aromatic rings. The average Bonchev–Trinajstić information content (AvgIpc) is 2.45. The van der Waals surface area contributed by atoms with Crippen LogP contribution in [-0.2, 0) is 0 Å². The van der Waals surface area contributed by atoms with Crippen molar-refractivity contribution in [2.24, 2.45) is 0 Å². The number of anilines is 3. The second-order valence-corrected chi connectivity index (χ2v) is 5.25. The first-order valence-electron chi connectivity index (χ1n) is 6.61. The third-order valence-electron chi connectivity index (χ3n) is 3.06. The second-order valence-electron chi connectivity index (χ2n) is 4.40. The fourth-order valence-electron chi connectivity index (χ4n) is 1.85. The Hall–Kier alpha value is -1.69. The van der Waals surface area contributed by atoms with E-state index < -0.39 is 0 Å². The first kappa shape index (κ1) is 14.7. The summed E-state index contributed by atoms with van der Waals surface area (Å²) in [6.07, 6.45) is 1.68. The largest absolute Gasteiger partial charge is 0.356 e. The van der Waals surface area contributed by atoms with Crippen molar-refractivity contribution in [1.29, 1.82) is 0 Å². The maximum Gasteiger partial charge on any atom is 0.249 e. The van der Waals surface area contributed by atoms with E-state index in [0.717, 1.165) is 29.1 Å². The average molecular weight is 336 g/mol. The maximum atomic E-state index is 4.49. The van der Waals surface area contributed by atoms with Gasteiger partial charge < -0.3 is 10.2 Å². The minimum absolute atomic E-state index is 0.505. The normalized spacial score (nSPS) is 10.4. The van der Waals surface area contributed by atoms with Crippen molar-refractivity contribution in [3.63, 3.8) is 0 Å². The summed E-state index contributed by atoms with van der Waals surface area (Å²) in [6.45, 7) is 8.02. The van der Waals surface area contributed by atoms with Crippen LogP contribution in [-0.4, -0.2) is 28.3 Å². The lowest BCUT2D eigenvalue weighted by atomic mass is 10.2. The minimum Gasteiger partial charge on any atom is -0.356 e. The van der Waals surface area contributed by atoms with Gasteiger partial charge in [-0.3, -0.25) is 0 Å². The minimum atomic E-state index is 0.505. The van der Waals surface area contributed by atoms with Crippen molar-refractivity contribution in [3.05, 3.63) is 34.4 Å². The number of nitrogens with one attached hydrogen (secondary N) is 1. The Balaban J connectivity index is 2.21. The number of hydrogen-bond donors (Lipinski definition) is 1. The van der Waals surface area contributed by atoms with E-state index in [1.807, 2.05) is 25.1 Å². The van der Waals surface area contributed by atoms with Gasteiger partial charge in [-0.15, -0.1) is 5.10 Å². The lowest BCUT2D eigenvalue weighted by Crippen LogP contribution is -2.23. The highest BCUT2D eigenvalue weighted by atomic mass is 79.9. The van der Waals surface area contributed by atoms with Gasteiger partial charge in [-0.1, -0.05) is 22.0 Å². The molecule has 1 heterocycles. The van der Waals surface area contributed by atoms with Gasteiger partial charge in [0.1, 0.15) is 0 Å². The van der Waals surface area contributed by atoms with E-state index in [1.165, 1.54) is 5.56 Å². The number of aromatic nitrogens is 3. The summed E-state index contributed by atoms with van der Waals surface area (Å²) < 4.78 is 1.05. The van der Waals surface area contributed by atoms with Gasteiger partial charge in [0.2, 0.25) is 5.95 Å². The molecule has 0 amide bonds. The molecule has 0 atom stereocenters. The molecule has 0 radical (unpaired) electrons. The van der Waals surface area contributed by atoms with Gasteiger partial charge >= 0.3 is 0 Å². The number of nitrogens with zero attached hydrogens (tertiary/aromatic N) is 4. The van der Waals surface area contributed by atoms with E-state index in [9.17, 15) is 0 Å². The number of hydrogen-bond acceptors (Lipinski definition) is 5. The first-order valence-corrected chi connectivity index (χ1v) is 7.41. The van der Waals surface area contributed by atoms with Crippen LogP contribution < -0.4 is 10.2 Å². The van der Waals surface area contributed by atoms with Gasteiger partial charge in [-0.25, -0.2) is 0 Å². The zero-order valence-electron chi connectivity index (χ0n) is 11.9. The van der Waals surface area contributed by atoms with E-state index >= 15 is 0 Å². The molecule has 1 aromatic carbocycles. The van der Waals surface area contributed by atoms with Crippen molar-refractivity contribution in [2.45, 2.75) is 20.8 Å². The van der Waals surface area contributed by atoms with Crippen molar-refractivity contribution in [3.8, 4) is 0 Å². The van der Waals surface area contributed by atoms with Crippen LogP contribution >= 0.6 is 15.9 Å². The lowest BCUT2D eigenvalue weighted by molar-refractivity contribution is 0.826.